The van der Waals surface area contributed by atoms with Crippen LogP contribution < -0.4 is 5.32 Å². The Morgan fingerprint density at radius 3 is 2.41 bits per heavy atom. The molecule has 0 aromatic heterocycles. The zero-order valence-corrected chi connectivity index (χ0v) is 19.2. The normalized spacial score (nSPS) is 19.9. The lowest BCUT2D eigenvalue weighted by Gasteiger charge is -2.32. The molecular weight excluding hydrogens is 398 g/mol. The predicted octanol–water partition coefficient (Wildman–Crippen LogP) is 4.86. The Bertz CT molecular complexity index is 934. The van der Waals surface area contributed by atoms with E-state index in [1.54, 1.807) is 0 Å². The second kappa shape index (κ2) is 10.8. The van der Waals surface area contributed by atoms with Crippen molar-refractivity contribution >= 4 is 17.5 Å². The van der Waals surface area contributed by atoms with Crippen LogP contribution in [0.15, 0.2) is 48.5 Å². The summed E-state index contributed by atoms with van der Waals surface area (Å²) in [5.41, 5.74) is 3.86. The molecule has 2 aromatic carbocycles. The molecule has 0 saturated carbocycles. The van der Waals surface area contributed by atoms with Crippen LogP contribution in [0.1, 0.15) is 60.0 Å². The zero-order chi connectivity index (χ0) is 22.3. The van der Waals surface area contributed by atoms with E-state index in [1.807, 2.05) is 29.2 Å². The Morgan fingerprint density at radius 1 is 0.906 bits per heavy atom. The summed E-state index contributed by atoms with van der Waals surface area (Å²) >= 11 is 0. The first-order chi connectivity index (χ1) is 15.6. The highest BCUT2D eigenvalue weighted by atomic mass is 16.2. The molecule has 4 rings (SSSR count). The second-order valence-corrected chi connectivity index (χ2v) is 9.24. The standard InChI is InChI=1S/C27H35N3O2/c1-21-11-4-5-12-22(21)19-29-16-10-13-23(20-29)26(31)28-25-15-7-6-14-24(25)27(32)30-17-8-2-3-9-18-30/h4-7,11-12,14-15,23H,2-3,8-10,13,16-20H2,1H3,(H,28,31). The number of benzene rings is 2. The van der Waals surface area contributed by atoms with Crippen LogP contribution >= 0.6 is 0 Å². The van der Waals surface area contributed by atoms with Crippen molar-refractivity contribution < 1.29 is 9.59 Å². The van der Waals surface area contributed by atoms with E-state index in [1.165, 1.54) is 24.0 Å². The van der Waals surface area contributed by atoms with Crippen molar-refractivity contribution in [3.63, 3.8) is 0 Å². The van der Waals surface area contributed by atoms with Crippen LogP contribution in [0.2, 0.25) is 0 Å². The van der Waals surface area contributed by atoms with E-state index in [0.717, 1.165) is 58.4 Å². The van der Waals surface area contributed by atoms with Gasteiger partial charge in [-0.1, -0.05) is 49.2 Å². The minimum atomic E-state index is -0.0610. The summed E-state index contributed by atoms with van der Waals surface area (Å²) in [7, 11) is 0. The number of rotatable bonds is 5. The highest BCUT2D eigenvalue weighted by Gasteiger charge is 2.27. The number of hydrogen-bond acceptors (Lipinski definition) is 3. The Balaban J connectivity index is 1.41. The van der Waals surface area contributed by atoms with E-state index in [9.17, 15) is 9.59 Å². The third-order valence-electron chi connectivity index (χ3n) is 6.84. The van der Waals surface area contributed by atoms with E-state index in [-0.39, 0.29) is 17.7 Å². The number of carbonyl (C=O) groups excluding carboxylic acids is 2. The molecule has 1 unspecified atom stereocenters. The molecule has 32 heavy (non-hydrogen) atoms. The van der Waals surface area contributed by atoms with Gasteiger partial charge in [0.1, 0.15) is 0 Å². The molecule has 0 bridgehead atoms. The van der Waals surface area contributed by atoms with Gasteiger partial charge < -0.3 is 10.2 Å². The highest BCUT2D eigenvalue weighted by Crippen LogP contribution is 2.24. The molecule has 0 aliphatic carbocycles. The van der Waals surface area contributed by atoms with Gasteiger partial charge >= 0.3 is 0 Å². The van der Waals surface area contributed by atoms with Crippen LogP contribution in [-0.4, -0.2) is 47.8 Å². The van der Waals surface area contributed by atoms with Crippen LogP contribution in [0.5, 0.6) is 0 Å². The van der Waals surface area contributed by atoms with E-state index in [0.29, 0.717) is 11.3 Å². The lowest BCUT2D eigenvalue weighted by atomic mass is 9.96. The highest BCUT2D eigenvalue weighted by molar-refractivity contribution is 6.04. The van der Waals surface area contributed by atoms with Gasteiger partial charge in [-0.15, -0.1) is 0 Å². The molecular formula is C27H35N3O2. The van der Waals surface area contributed by atoms with Crippen molar-refractivity contribution in [3.05, 3.63) is 65.2 Å². The smallest absolute Gasteiger partial charge is 0.255 e. The summed E-state index contributed by atoms with van der Waals surface area (Å²) < 4.78 is 0. The summed E-state index contributed by atoms with van der Waals surface area (Å²) in [4.78, 5) is 30.7. The maximum Gasteiger partial charge on any atom is 0.255 e. The Kier molecular flexibility index (Phi) is 7.59. The fourth-order valence-electron chi connectivity index (χ4n) is 4.90. The molecule has 5 heteroatoms. The van der Waals surface area contributed by atoms with Gasteiger partial charge in [0.15, 0.2) is 0 Å². The minimum absolute atomic E-state index is 0.0237. The van der Waals surface area contributed by atoms with Gasteiger partial charge in [0.25, 0.3) is 5.91 Å². The predicted molar refractivity (Wildman–Crippen MR) is 129 cm³/mol. The minimum Gasteiger partial charge on any atom is -0.339 e. The summed E-state index contributed by atoms with van der Waals surface area (Å²) in [6, 6.07) is 15.9. The van der Waals surface area contributed by atoms with Crippen molar-refractivity contribution in [2.45, 2.75) is 52.0 Å². The second-order valence-electron chi connectivity index (χ2n) is 9.24. The van der Waals surface area contributed by atoms with E-state index < -0.39 is 0 Å². The number of hydrogen-bond donors (Lipinski definition) is 1. The summed E-state index contributed by atoms with van der Waals surface area (Å²) in [5.74, 6) is -0.00247. The molecule has 2 aromatic rings. The topological polar surface area (TPSA) is 52.7 Å². The molecule has 2 amide bonds. The van der Waals surface area contributed by atoms with Crippen molar-refractivity contribution in [2.24, 2.45) is 5.92 Å². The van der Waals surface area contributed by atoms with Crippen molar-refractivity contribution in [3.8, 4) is 0 Å². The quantitative estimate of drug-likeness (QED) is 0.732. The summed E-state index contributed by atoms with van der Waals surface area (Å²) in [6.45, 7) is 6.39. The number of nitrogens with zero attached hydrogens (tertiary/aromatic N) is 2. The van der Waals surface area contributed by atoms with Crippen LogP contribution in [0, 0.1) is 12.8 Å². The molecule has 2 saturated heterocycles. The number of aryl methyl sites for hydroxylation is 1. The summed E-state index contributed by atoms with van der Waals surface area (Å²) in [6.07, 6.45) is 6.38. The molecule has 2 heterocycles. The lowest BCUT2D eigenvalue weighted by molar-refractivity contribution is -0.121. The number of nitrogens with one attached hydrogen (secondary N) is 1. The number of amides is 2. The maximum absolute atomic E-state index is 13.2. The van der Waals surface area contributed by atoms with Gasteiger partial charge in [0.2, 0.25) is 5.91 Å². The monoisotopic (exact) mass is 433 g/mol. The molecule has 2 aliphatic rings. The van der Waals surface area contributed by atoms with E-state index in [4.69, 9.17) is 0 Å². The molecule has 2 fully saturated rings. The van der Waals surface area contributed by atoms with Gasteiger partial charge in [-0.25, -0.2) is 0 Å². The van der Waals surface area contributed by atoms with E-state index >= 15 is 0 Å². The third kappa shape index (κ3) is 5.57. The number of anilines is 1. The van der Waals surface area contributed by atoms with Crippen LogP contribution in [0.4, 0.5) is 5.69 Å². The number of carbonyl (C=O) groups is 2. The van der Waals surface area contributed by atoms with Crippen LogP contribution in [0.25, 0.3) is 0 Å². The van der Waals surface area contributed by atoms with Crippen molar-refractivity contribution in [1.82, 2.24) is 9.80 Å². The fourth-order valence-corrected chi connectivity index (χ4v) is 4.90. The van der Waals surface area contributed by atoms with Gasteiger partial charge in [0, 0.05) is 26.2 Å². The first kappa shape index (κ1) is 22.5. The molecule has 1 atom stereocenters. The number of piperidine rings is 1. The van der Waals surface area contributed by atoms with Crippen LogP contribution in [0.3, 0.4) is 0 Å². The van der Waals surface area contributed by atoms with Gasteiger partial charge in [0.05, 0.1) is 17.2 Å². The maximum atomic E-state index is 13.2. The number of para-hydroxylation sites is 1. The van der Waals surface area contributed by atoms with E-state index in [2.05, 4.69) is 41.4 Å². The molecule has 0 radical (unpaired) electrons. The summed E-state index contributed by atoms with van der Waals surface area (Å²) in [5, 5.41) is 3.10. The van der Waals surface area contributed by atoms with Gasteiger partial charge in [-0.3, -0.25) is 14.5 Å². The molecule has 170 valence electrons. The Morgan fingerprint density at radius 2 is 1.62 bits per heavy atom. The average Bonchev–Trinajstić information content (AvgIpc) is 3.10. The largest absolute Gasteiger partial charge is 0.339 e. The van der Waals surface area contributed by atoms with Crippen molar-refractivity contribution in [2.75, 3.05) is 31.5 Å². The van der Waals surface area contributed by atoms with Gasteiger partial charge in [-0.2, -0.15) is 0 Å². The third-order valence-corrected chi connectivity index (χ3v) is 6.84. The zero-order valence-electron chi connectivity index (χ0n) is 19.2. The average molecular weight is 434 g/mol. The Labute approximate surface area is 191 Å². The molecule has 1 N–H and O–H groups in total. The SMILES string of the molecule is Cc1ccccc1CN1CCCC(C(=O)Nc2ccccc2C(=O)N2CCCCCC2)C1. The fraction of sp³-hybridized carbons (Fsp3) is 0.481. The lowest BCUT2D eigenvalue weighted by Crippen LogP contribution is -2.40. The number of likely N-dealkylation sites (tertiary alicyclic amines) is 2. The Hall–Kier alpha value is -2.66. The molecule has 2 aliphatic heterocycles. The van der Waals surface area contributed by atoms with Gasteiger partial charge in [-0.05, 0) is 62.4 Å². The van der Waals surface area contributed by atoms with Crippen molar-refractivity contribution in [1.29, 1.82) is 0 Å². The van der Waals surface area contributed by atoms with Crippen LogP contribution in [-0.2, 0) is 11.3 Å². The molecule has 0 spiro atoms. The molecule has 5 nitrogen and oxygen atoms in total. The first-order valence-corrected chi connectivity index (χ1v) is 12.1. The first-order valence-electron chi connectivity index (χ1n) is 12.1.